The summed E-state index contributed by atoms with van der Waals surface area (Å²) in [5.74, 6) is 0.326. The van der Waals surface area contributed by atoms with Crippen LogP contribution in [0.15, 0.2) is 12.1 Å². The lowest BCUT2D eigenvalue weighted by Gasteiger charge is -2.42. The summed E-state index contributed by atoms with van der Waals surface area (Å²) in [7, 11) is 0. The van der Waals surface area contributed by atoms with Crippen molar-refractivity contribution in [1.82, 2.24) is 14.8 Å². The molecule has 2 unspecified atom stereocenters. The van der Waals surface area contributed by atoms with E-state index in [0.29, 0.717) is 17.8 Å². The van der Waals surface area contributed by atoms with Crippen LogP contribution >= 0.6 is 0 Å². The smallest absolute Gasteiger partial charge is 0.138 e. The Morgan fingerprint density at radius 1 is 1.37 bits per heavy atom. The number of aromatic hydroxyl groups is 1. The van der Waals surface area contributed by atoms with Gasteiger partial charge in [0.2, 0.25) is 0 Å². The van der Waals surface area contributed by atoms with Gasteiger partial charge in [-0.3, -0.25) is 14.8 Å². The van der Waals surface area contributed by atoms with E-state index >= 15 is 0 Å². The number of aryl methyl sites for hydroxylation is 1. The first-order chi connectivity index (χ1) is 9.13. The molecule has 2 aliphatic rings. The van der Waals surface area contributed by atoms with Gasteiger partial charge in [0.05, 0.1) is 5.69 Å². The Balaban J connectivity index is 1.73. The summed E-state index contributed by atoms with van der Waals surface area (Å²) in [4.78, 5) is 9.56. The van der Waals surface area contributed by atoms with E-state index in [9.17, 15) is 5.11 Å². The fraction of sp³-hybridized carbons (Fsp3) is 0.667. The fourth-order valence-electron chi connectivity index (χ4n) is 3.38. The summed E-state index contributed by atoms with van der Waals surface area (Å²) in [5.41, 5.74) is 1.79. The maximum atomic E-state index is 9.94. The number of pyridine rings is 1. The van der Waals surface area contributed by atoms with Crippen molar-refractivity contribution in [3.05, 3.63) is 23.5 Å². The zero-order valence-electron chi connectivity index (χ0n) is 11.8. The molecule has 0 spiro atoms. The van der Waals surface area contributed by atoms with Gasteiger partial charge in [-0.1, -0.05) is 0 Å². The van der Waals surface area contributed by atoms with Crippen molar-refractivity contribution in [1.29, 1.82) is 0 Å². The second-order valence-electron chi connectivity index (χ2n) is 5.99. The van der Waals surface area contributed by atoms with Crippen molar-refractivity contribution >= 4 is 0 Å². The van der Waals surface area contributed by atoms with Gasteiger partial charge in [-0.15, -0.1) is 0 Å². The van der Waals surface area contributed by atoms with Gasteiger partial charge in [-0.05, 0) is 45.4 Å². The molecule has 3 heterocycles. The van der Waals surface area contributed by atoms with Gasteiger partial charge >= 0.3 is 0 Å². The largest absolute Gasteiger partial charge is 0.506 e. The van der Waals surface area contributed by atoms with E-state index in [1.54, 1.807) is 6.07 Å². The van der Waals surface area contributed by atoms with Gasteiger partial charge in [-0.25, -0.2) is 0 Å². The molecule has 0 amide bonds. The molecule has 0 bridgehead atoms. The maximum Gasteiger partial charge on any atom is 0.138 e. The van der Waals surface area contributed by atoms with Crippen molar-refractivity contribution in [2.45, 2.75) is 45.3 Å². The van der Waals surface area contributed by atoms with Gasteiger partial charge in [-0.2, -0.15) is 0 Å². The lowest BCUT2D eigenvalue weighted by molar-refractivity contribution is 0.0526. The molecule has 104 valence electrons. The van der Waals surface area contributed by atoms with Crippen LogP contribution in [0.3, 0.4) is 0 Å². The summed E-state index contributed by atoms with van der Waals surface area (Å²) < 4.78 is 0. The number of nitrogens with zero attached hydrogens (tertiary/aromatic N) is 3. The minimum absolute atomic E-state index is 0.326. The third-order valence-corrected chi connectivity index (χ3v) is 4.51. The molecule has 3 rings (SSSR count). The van der Waals surface area contributed by atoms with E-state index in [4.69, 9.17) is 0 Å². The van der Waals surface area contributed by atoms with Gasteiger partial charge in [0.25, 0.3) is 0 Å². The summed E-state index contributed by atoms with van der Waals surface area (Å²) in [6.45, 7) is 8.53. The summed E-state index contributed by atoms with van der Waals surface area (Å²) in [5, 5.41) is 9.94. The van der Waals surface area contributed by atoms with Gasteiger partial charge in [0.1, 0.15) is 5.75 Å². The molecule has 1 aromatic heterocycles. The van der Waals surface area contributed by atoms with Gasteiger partial charge < -0.3 is 5.11 Å². The predicted octanol–water partition coefficient (Wildman–Crippen LogP) is 1.76. The van der Waals surface area contributed by atoms with Crippen LogP contribution in [-0.4, -0.2) is 51.6 Å². The minimum atomic E-state index is 0.326. The van der Waals surface area contributed by atoms with Crippen LogP contribution in [0.5, 0.6) is 5.75 Å². The molecule has 2 aliphatic heterocycles. The second kappa shape index (κ2) is 5.10. The Kier molecular flexibility index (Phi) is 3.46. The van der Waals surface area contributed by atoms with Crippen LogP contribution in [0.2, 0.25) is 0 Å². The first-order valence-corrected chi connectivity index (χ1v) is 7.27. The van der Waals surface area contributed by atoms with Crippen LogP contribution in [0.1, 0.15) is 31.2 Å². The lowest BCUT2D eigenvalue weighted by Crippen LogP contribution is -2.54. The minimum Gasteiger partial charge on any atom is -0.506 e. The topological polar surface area (TPSA) is 39.6 Å². The third-order valence-electron chi connectivity index (χ3n) is 4.51. The molecule has 2 fully saturated rings. The molecule has 4 heteroatoms. The van der Waals surface area contributed by atoms with E-state index in [0.717, 1.165) is 31.0 Å². The Bertz CT molecular complexity index is 463. The van der Waals surface area contributed by atoms with Gasteiger partial charge in [0.15, 0.2) is 0 Å². The Morgan fingerprint density at radius 3 is 3.05 bits per heavy atom. The molecule has 0 aliphatic carbocycles. The molecular formula is C15H23N3O. The van der Waals surface area contributed by atoms with E-state index < -0.39 is 0 Å². The van der Waals surface area contributed by atoms with Crippen molar-refractivity contribution in [3.63, 3.8) is 0 Å². The molecule has 0 aromatic carbocycles. The number of hydrogen-bond acceptors (Lipinski definition) is 4. The summed E-state index contributed by atoms with van der Waals surface area (Å²) in [6, 6.07) is 4.87. The molecule has 0 saturated carbocycles. The third kappa shape index (κ3) is 2.60. The van der Waals surface area contributed by atoms with Crippen LogP contribution in [0.4, 0.5) is 0 Å². The van der Waals surface area contributed by atoms with E-state index in [2.05, 4.69) is 21.7 Å². The van der Waals surface area contributed by atoms with E-state index in [1.165, 1.54) is 19.4 Å². The maximum absolute atomic E-state index is 9.94. The zero-order valence-corrected chi connectivity index (χ0v) is 11.8. The zero-order chi connectivity index (χ0) is 13.4. The Hall–Kier alpha value is -1.13. The Morgan fingerprint density at radius 2 is 2.21 bits per heavy atom. The first-order valence-electron chi connectivity index (χ1n) is 7.27. The van der Waals surface area contributed by atoms with Crippen LogP contribution < -0.4 is 0 Å². The van der Waals surface area contributed by atoms with Crippen LogP contribution in [0.25, 0.3) is 0 Å². The first kappa shape index (κ1) is 12.9. The highest BCUT2D eigenvalue weighted by Gasteiger charge is 2.34. The average molecular weight is 261 g/mol. The van der Waals surface area contributed by atoms with Crippen molar-refractivity contribution in [2.24, 2.45) is 0 Å². The van der Waals surface area contributed by atoms with Crippen molar-refractivity contribution in [2.75, 3.05) is 19.6 Å². The standard InChI is InChI=1S/C15H23N3O/c1-11-5-6-15(19)14(16-11)10-18-9-13-4-3-7-17(13)8-12(18)2/h5-6,12-13,19H,3-4,7-10H2,1-2H3. The molecule has 4 nitrogen and oxygen atoms in total. The SMILES string of the molecule is Cc1ccc(O)c(CN2CC3CCCN3CC2C)n1. The molecular weight excluding hydrogens is 238 g/mol. The number of hydrogen-bond donors (Lipinski definition) is 1. The van der Waals surface area contributed by atoms with Crippen molar-refractivity contribution < 1.29 is 5.11 Å². The molecule has 1 N–H and O–H groups in total. The normalized spacial score (nSPS) is 28.5. The number of aromatic nitrogens is 1. The molecule has 2 saturated heterocycles. The summed E-state index contributed by atoms with van der Waals surface area (Å²) in [6.07, 6.45) is 2.65. The highest BCUT2D eigenvalue weighted by Crippen LogP contribution is 2.26. The molecule has 0 radical (unpaired) electrons. The second-order valence-corrected chi connectivity index (χ2v) is 5.99. The molecule has 1 aromatic rings. The van der Waals surface area contributed by atoms with Crippen LogP contribution in [-0.2, 0) is 6.54 Å². The van der Waals surface area contributed by atoms with E-state index in [1.807, 2.05) is 13.0 Å². The Labute approximate surface area is 115 Å². The monoisotopic (exact) mass is 261 g/mol. The lowest BCUT2D eigenvalue weighted by atomic mass is 10.1. The van der Waals surface area contributed by atoms with Gasteiger partial charge in [0, 0.05) is 37.4 Å². The predicted molar refractivity (Wildman–Crippen MR) is 75.1 cm³/mol. The fourth-order valence-corrected chi connectivity index (χ4v) is 3.38. The molecule has 19 heavy (non-hydrogen) atoms. The highest BCUT2D eigenvalue weighted by atomic mass is 16.3. The number of piperazine rings is 1. The molecule has 2 atom stereocenters. The van der Waals surface area contributed by atoms with E-state index in [-0.39, 0.29) is 0 Å². The van der Waals surface area contributed by atoms with Crippen LogP contribution in [0, 0.1) is 6.92 Å². The van der Waals surface area contributed by atoms with Crippen molar-refractivity contribution in [3.8, 4) is 5.75 Å². The summed E-state index contributed by atoms with van der Waals surface area (Å²) >= 11 is 0. The number of fused-ring (bicyclic) bond motifs is 1. The number of rotatable bonds is 2. The highest BCUT2D eigenvalue weighted by molar-refractivity contribution is 5.27. The quantitative estimate of drug-likeness (QED) is 0.880. The average Bonchev–Trinajstić information content (AvgIpc) is 2.81.